The molecule has 1 aliphatic rings. The molecule has 21 heavy (non-hydrogen) atoms. The van der Waals surface area contributed by atoms with Crippen LogP contribution in [0.15, 0.2) is 22.9 Å². The molecular formula is C16H27BrN2OSi. The number of rotatable bonds is 4. The lowest BCUT2D eigenvalue weighted by Crippen LogP contribution is -2.49. The van der Waals surface area contributed by atoms with Crippen LogP contribution in [0, 0.1) is 0 Å². The normalized spacial score (nSPS) is 20.7. The fraction of sp³-hybridized carbons (Fsp3) is 0.688. The van der Waals surface area contributed by atoms with Gasteiger partial charge in [-0.2, -0.15) is 0 Å². The highest BCUT2D eigenvalue weighted by Gasteiger charge is 2.38. The van der Waals surface area contributed by atoms with E-state index in [1.807, 2.05) is 12.4 Å². The van der Waals surface area contributed by atoms with Gasteiger partial charge in [-0.3, -0.25) is 4.98 Å². The van der Waals surface area contributed by atoms with Crippen molar-refractivity contribution in [2.45, 2.75) is 64.1 Å². The Kier molecular flexibility index (Phi) is 5.16. The van der Waals surface area contributed by atoms with Crippen LogP contribution >= 0.6 is 15.9 Å². The molecule has 0 aromatic carbocycles. The zero-order valence-electron chi connectivity index (χ0n) is 13.8. The lowest BCUT2D eigenvalue weighted by Gasteiger charge is -2.40. The molecule has 0 radical (unpaired) electrons. The first kappa shape index (κ1) is 17.0. The maximum absolute atomic E-state index is 6.42. The Morgan fingerprint density at radius 1 is 1.29 bits per heavy atom. The van der Waals surface area contributed by atoms with Crippen LogP contribution in [0.25, 0.3) is 0 Å². The Hall–Kier alpha value is -0.393. The molecule has 0 aliphatic carbocycles. The van der Waals surface area contributed by atoms with Crippen LogP contribution in [-0.2, 0) is 4.43 Å². The number of aromatic nitrogens is 1. The van der Waals surface area contributed by atoms with E-state index < -0.39 is 9.76 Å². The zero-order valence-corrected chi connectivity index (χ0v) is 16.8. The summed E-state index contributed by atoms with van der Waals surface area (Å²) in [6.45, 7) is 12.4. The van der Waals surface area contributed by atoms with E-state index in [0.29, 0.717) is 11.1 Å². The minimum Gasteiger partial charge on any atom is -0.416 e. The van der Waals surface area contributed by atoms with E-state index in [1.54, 1.807) is 0 Å². The van der Waals surface area contributed by atoms with E-state index in [4.69, 9.17) is 4.43 Å². The predicted molar refractivity (Wildman–Crippen MR) is 95.7 cm³/mol. The van der Waals surface area contributed by atoms with E-state index in [9.17, 15) is 0 Å². The molecule has 3 nitrogen and oxygen atoms in total. The van der Waals surface area contributed by atoms with Crippen LogP contribution in [0.3, 0.4) is 0 Å². The molecule has 1 atom stereocenters. The number of hydrogen-bond acceptors (Lipinski definition) is 3. The summed E-state index contributed by atoms with van der Waals surface area (Å²) in [6, 6.07) is 2.59. The summed E-state index contributed by atoms with van der Waals surface area (Å²) in [5.74, 6) is 0. The quantitative estimate of drug-likeness (QED) is 0.751. The van der Waals surface area contributed by atoms with Crippen LogP contribution in [0.5, 0.6) is 0 Å². The SMILES string of the molecule is CC(C)(C)[SiH2]OC(C)(C)[C@H]1CCCN1c1cncc(Br)c1. The molecule has 0 saturated carbocycles. The standard InChI is InChI=1S/C16H27BrN2OSi/c1-15(2,3)21-20-16(4,5)14-7-6-8-19(14)13-9-12(17)10-18-11-13/h9-11,14H,6-8,21H2,1-5H3/t14-/m1/s1. The first-order valence-corrected chi connectivity index (χ1v) is 9.78. The van der Waals surface area contributed by atoms with Gasteiger partial charge in [-0.05, 0) is 53.7 Å². The monoisotopic (exact) mass is 370 g/mol. The van der Waals surface area contributed by atoms with Crippen molar-refractivity contribution in [3.05, 3.63) is 22.9 Å². The van der Waals surface area contributed by atoms with Crippen molar-refractivity contribution in [2.75, 3.05) is 11.4 Å². The highest BCUT2D eigenvalue weighted by molar-refractivity contribution is 9.10. The highest BCUT2D eigenvalue weighted by Crippen LogP contribution is 2.35. The van der Waals surface area contributed by atoms with E-state index in [2.05, 4.69) is 66.5 Å². The fourth-order valence-electron chi connectivity index (χ4n) is 2.86. The Labute approximate surface area is 139 Å². The summed E-state index contributed by atoms with van der Waals surface area (Å²) in [6.07, 6.45) is 6.21. The van der Waals surface area contributed by atoms with E-state index in [1.165, 1.54) is 18.5 Å². The van der Waals surface area contributed by atoms with E-state index in [0.717, 1.165) is 11.0 Å². The Morgan fingerprint density at radius 2 is 2.00 bits per heavy atom. The van der Waals surface area contributed by atoms with Crippen molar-refractivity contribution in [2.24, 2.45) is 0 Å². The molecule has 1 saturated heterocycles. The molecule has 118 valence electrons. The molecule has 1 fully saturated rings. The van der Waals surface area contributed by atoms with Crippen molar-refractivity contribution in [1.82, 2.24) is 4.98 Å². The second kappa shape index (κ2) is 6.38. The van der Waals surface area contributed by atoms with Gasteiger partial charge in [-0.25, -0.2) is 0 Å². The molecule has 5 heteroatoms. The van der Waals surface area contributed by atoms with Gasteiger partial charge in [0, 0.05) is 17.2 Å². The van der Waals surface area contributed by atoms with Crippen molar-refractivity contribution in [3.63, 3.8) is 0 Å². The molecule has 0 bridgehead atoms. The fourth-order valence-corrected chi connectivity index (χ4v) is 4.21. The minimum atomic E-state index is -0.550. The third-order valence-corrected chi connectivity index (χ3v) is 6.14. The van der Waals surface area contributed by atoms with Crippen molar-refractivity contribution >= 4 is 31.4 Å². The van der Waals surface area contributed by atoms with Gasteiger partial charge in [-0.15, -0.1) is 0 Å². The van der Waals surface area contributed by atoms with Crippen molar-refractivity contribution < 1.29 is 4.43 Å². The Balaban J connectivity index is 2.14. The summed E-state index contributed by atoms with van der Waals surface area (Å²) in [5.41, 5.74) is 1.10. The summed E-state index contributed by atoms with van der Waals surface area (Å²) in [5, 5.41) is 0.331. The lowest BCUT2D eigenvalue weighted by atomic mass is 9.96. The minimum absolute atomic E-state index is 0.0989. The maximum atomic E-state index is 6.42. The van der Waals surface area contributed by atoms with Crippen LogP contribution in [-0.4, -0.2) is 32.9 Å². The number of pyridine rings is 1. The van der Waals surface area contributed by atoms with Crippen LogP contribution < -0.4 is 4.90 Å². The number of halogens is 1. The molecule has 1 aromatic rings. The lowest BCUT2D eigenvalue weighted by molar-refractivity contribution is 0.0812. The van der Waals surface area contributed by atoms with Gasteiger partial charge in [0.25, 0.3) is 0 Å². The van der Waals surface area contributed by atoms with Crippen LogP contribution in [0.1, 0.15) is 47.5 Å². The number of nitrogens with zero attached hydrogens (tertiary/aromatic N) is 2. The topological polar surface area (TPSA) is 25.4 Å². The Bertz CT molecular complexity index is 487. The van der Waals surface area contributed by atoms with Crippen molar-refractivity contribution in [1.29, 1.82) is 0 Å². The molecular weight excluding hydrogens is 344 g/mol. The molecule has 1 aliphatic heterocycles. The zero-order chi connectivity index (χ0) is 15.7. The van der Waals surface area contributed by atoms with Gasteiger partial charge in [0.15, 0.2) is 9.76 Å². The smallest absolute Gasteiger partial charge is 0.167 e. The molecule has 0 unspecified atom stereocenters. The highest BCUT2D eigenvalue weighted by atomic mass is 79.9. The van der Waals surface area contributed by atoms with Gasteiger partial charge < -0.3 is 9.33 Å². The average Bonchev–Trinajstić information content (AvgIpc) is 2.86. The largest absolute Gasteiger partial charge is 0.416 e. The molecule has 1 aromatic heterocycles. The summed E-state index contributed by atoms with van der Waals surface area (Å²) in [4.78, 5) is 6.78. The summed E-state index contributed by atoms with van der Waals surface area (Å²) < 4.78 is 7.46. The first-order valence-electron chi connectivity index (χ1n) is 7.70. The van der Waals surface area contributed by atoms with Gasteiger partial charge in [0.2, 0.25) is 0 Å². The summed E-state index contributed by atoms with van der Waals surface area (Å²) in [7, 11) is -0.550. The molecule has 0 amide bonds. The van der Waals surface area contributed by atoms with Crippen LogP contribution in [0.4, 0.5) is 5.69 Å². The molecule has 2 heterocycles. The van der Waals surface area contributed by atoms with Gasteiger partial charge in [0.05, 0.1) is 23.5 Å². The average molecular weight is 371 g/mol. The third-order valence-electron chi connectivity index (χ3n) is 3.95. The van der Waals surface area contributed by atoms with Crippen molar-refractivity contribution in [3.8, 4) is 0 Å². The van der Waals surface area contributed by atoms with Gasteiger partial charge >= 0.3 is 0 Å². The third kappa shape index (κ3) is 4.54. The molecule has 0 spiro atoms. The molecule has 2 rings (SSSR count). The second-order valence-corrected chi connectivity index (χ2v) is 11.3. The first-order chi connectivity index (χ1) is 9.69. The second-order valence-electron chi connectivity index (χ2n) is 7.67. The summed E-state index contributed by atoms with van der Waals surface area (Å²) >= 11 is 3.52. The van der Waals surface area contributed by atoms with E-state index >= 15 is 0 Å². The number of hydrogen-bond donors (Lipinski definition) is 0. The molecule has 0 N–H and O–H groups in total. The van der Waals surface area contributed by atoms with Crippen LogP contribution in [0.2, 0.25) is 5.04 Å². The van der Waals surface area contributed by atoms with Gasteiger partial charge in [0.1, 0.15) is 0 Å². The van der Waals surface area contributed by atoms with E-state index in [-0.39, 0.29) is 5.60 Å². The number of anilines is 1. The Morgan fingerprint density at radius 3 is 2.62 bits per heavy atom. The predicted octanol–water partition coefficient (Wildman–Crippen LogP) is 3.91. The van der Waals surface area contributed by atoms with Gasteiger partial charge in [-0.1, -0.05) is 20.8 Å². The maximum Gasteiger partial charge on any atom is 0.167 e.